The van der Waals surface area contributed by atoms with E-state index in [0.29, 0.717) is 0 Å². The van der Waals surface area contributed by atoms with Crippen LogP contribution in [0.3, 0.4) is 0 Å². The lowest BCUT2D eigenvalue weighted by atomic mass is 10.3. The van der Waals surface area contributed by atoms with E-state index in [1.165, 1.54) is 0 Å². The second kappa shape index (κ2) is 3.64. The number of pyridine rings is 2. The highest BCUT2D eigenvalue weighted by molar-refractivity contribution is 5.99. The molecule has 5 nitrogen and oxygen atoms in total. The topological polar surface area (TPSA) is 69.6 Å². The Hall–Kier alpha value is -2.27. The maximum atomic E-state index is 5.95. The van der Waals surface area contributed by atoms with Crippen molar-refractivity contribution in [3.63, 3.8) is 0 Å². The molecule has 3 aromatic heterocycles. The minimum atomic E-state index is -0.312. The summed E-state index contributed by atoms with van der Waals surface area (Å²) < 4.78 is 1.85. The predicted molar refractivity (Wildman–Crippen MR) is 66.3 cm³/mol. The van der Waals surface area contributed by atoms with Gasteiger partial charge in [0.05, 0.1) is 23.6 Å². The largest absolute Gasteiger partial charge is 0.309 e. The fourth-order valence-corrected chi connectivity index (χ4v) is 1.87. The SMILES string of the molecule is C=CC(N)n1cnc2cnc3cccnc3c21. The van der Waals surface area contributed by atoms with E-state index >= 15 is 0 Å². The van der Waals surface area contributed by atoms with E-state index in [-0.39, 0.29) is 6.17 Å². The summed E-state index contributed by atoms with van der Waals surface area (Å²) in [4.78, 5) is 12.9. The van der Waals surface area contributed by atoms with Crippen LogP contribution in [0, 0.1) is 0 Å². The number of hydrogen-bond acceptors (Lipinski definition) is 4. The minimum Gasteiger partial charge on any atom is -0.309 e. The van der Waals surface area contributed by atoms with E-state index in [0.717, 1.165) is 22.1 Å². The molecule has 3 aromatic rings. The van der Waals surface area contributed by atoms with Crippen molar-refractivity contribution in [3.8, 4) is 0 Å². The van der Waals surface area contributed by atoms with Crippen molar-refractivity contribution in [2.45, 2.75) is 6.17 Å². The quantitative estimate of drug-likeness (QED) is 0.673. The van der Waals surface area contributed by atoms with E-state index in [4.69, 9.17) is 5.73 Å². The van der Waals surface area contributed by atoms with Crippen LogP contribution in [0.25, 0.3) is 22.1 Å². The molecule has 0 spiro atoms. The summed E-state index contributed by atoms with van der Waals surface area (Å²) in [5.41, 5.74) is 9.27. The average molecular weight is 225 g/mol. The number of nitrogens with two attached hydrogens (primary N) is 1. The van der Waals surface area contributed by atoms with Crippen molar-refractivity contribution in [2.75, 3.05) is 0 Å². The fraction of sp³-hybridized carbons (Fsp3) is 0.0833. The molecule has 1 unspecified atom stereocenters. The molecule has 84 valence electrons. The maximum absolute atomic E-state index is 5.95. The molecule has 2 N–H and O–H groups in total. The molecule has 3 heterocycles. The van der Waals surface area contributed by atoms with Crippen LogP contribution in [-0.2, 0) is 0 Å². The summed E-state index contributed by atoms with van der Waals surface area (Å²) in [6.45, 7) is 3.69. The van der Waals surface area contributed by atoms with Crippen molar-refractivity contribution in [1.29, 1.82) is 0 Å². The standard InChI is InChI=1S/C12H11N5/c1-2-10(13)17-7-16-9-6-15-8-4-3-5-14-11(8)12(9)17/h2-7,10H,1,13H2. The van der Waals surface area contributed by atoms with Gasteiger partial charge in [-0.25, -0.2) is 4.98 Å². The van der Waals surface area contributed by atoms with E-state index < -0.39 is 0 Å². The fourth-order valence-electron chi connectivity index (χ4n) is 1.87. The van der Waals surface area contributed by atoms with Crippen LogP contribution in [0.4, 0.5) is 0 Å². The smallest absolute Gasteiger partial charge is 0.115 e. The highest BCUT2D eigenvalue weighted by atomic mass is 15.1. The Balaban J connectivity index is 2.46. The Morgan fingerprint density at radius 2 is 2.18 bits per heavy atom. The molecular weight excluding hydrogens is 214 g/mol. The lowest BCUT2D eigenvalue weighted by molar-refractivity contribution is 0.652. The zero-order chi connectivity index (χ0) is 11.8. The third-order valence-electron chi connectivity index (χ3n) is 2.72. The van der Waals surface area contributed by atoms with Gasteiger partial charge in [-0.2, -0.15) is 0 Å². The number of nitrogens with zero attached hydrogens (tertiary/aromatic N) is 4. The average Bonchev–Trinajstić information content (AvgIpc) is 2.82. The van der Waals surface area contributed by atoms with Gasteiger partial charge in [0, 0.05) is 6.20 Å². The molecule has 3 rings (SSSR count). The lowest BCUT2D eigenvalue weighted by Crippen LogP contribution is -2.14. The first-order chi connectivity index (χ1) is 8.31. The number of hydrogen-bond donors (Lipinski definition) is 1. The third kappa shape index (κ3) is 1.40. The molecule has 0 saturated heterocycles. The van der Waals surface area contributed by atoms with Gasteiger partial charge in [-0.05, 0) is 12.1 Å². The van der Waals surface area contributed by atoms with Gasteiger partial charge in [-0.1, -0.05) is 12.7 Å². The summed E-state index contributed by atoms with van der Waals surface area (Å²) in [6.07, 6.45) is 6.50. The second-order valence-corrected chi connectivity index (χ2v) is 3.74. The van der Waals surface area contributed by atoms with E-state index in [1.807, 2.05) is 16.7 Å². The van der Waals surface area contributed by atoms with Gasteiger partial charge in [0.1, 0.15) is 17.2 Å². The maximum Gasteiger partial charge on any atom is 0.115 e. The Labute approximate surface area is 97.6 Å². The van der Waals surface area contributed by atoms with Crippen LogP contribution in [0.1, 0.15) is 6.17 Å². The molecule has 0 bridgehead atoms. The van der Waals surface area contributed by atoms with Gasteiger partial charge in [-0.3, -0.25) is 9.97 Å². The Morgan fingerprint density at radius 1 is 1.29 bits per heavy atom. The number of rotatable bonds is 2. The Morgan fingerprint density at radius 3 is 3.00 bits per heavy atom. The Bertz CT molecular complexity index is 700. The van der Waals surface area contributed by atoms with Crippen LogP contribution in [0.15, 0.2) is 43.5 Å². The molecule has 0 aliphatic heterocycles. The monoisotopic (exact) mass is 225 g/mol. The summed E-state index contributed by atoms with van der Waals surface area (Å²) in [5.74, 6) is 0. The van der Waals surface area contributed by atoms with Crippen molar-refractivity contribution in [3.05, 3.63) is 43.5 Å². The summed E-state index contributed by atoms with van der Waals surface area (Å²) >= 11 is 0. The van der Waals surface area contributed by atoms with Crippen molar-refractivity contribution in [2.24, 2.45) is 5.73 Å². The zero-order valence-corrected chi connectivity index (χ0v) is 9.11. The van der Waals surface area contributed by atoms with Gasteiger partial charge >= 0.3 is 0 Å². The van der Waals surface area contributed by atoms with Crippen LogP contribution in [0.5, 0.6) is 0 Å². The molecule has 0 saturated carbocycles. The van der Waals surface area contributed by atoms with Crippen molar-refractivity contribution in [1.82, 2.24) is 19.5 Å². The van der Waals surface area contributed by atoms with Crippen LogP contribution < -0.4 is 5.73 Å². The molecule has 0 amide bonds. The number of aromatic nitrogens is 4. The predicted octanol–water partition coefficient (Wildman–Crippen LogP) is 1.62. The number of fused-ring (bicyclic) bond motifs is 3. The molecule has 0 radical (unpaired) electrons. The molecule has 1 atom stereocenters. The van der Waals surface area contributed by atoms with E-state index in [1.54, 1.807) is 24.8 Å². The van der Waals surface area contributed by atoms with Crippen molar-refractivity contribution < 1.29 is 0 Å². The van der Waals surface area contributed by atoms with E-state index in [9.17, 15) is 0 Å². The van der Waals surface area contributed by atoms with Gasteiger partial charge < -0.3 is 10.3 Å². The first-order valence-electron chi connectivity index (χ1n) is 5.25. The number of imidazole rings is 1. The molecule has 0 aliphatic rings. The minimum absolute atomic E-state index is 0.312. The molecule has 0 fully saturated rings. The Kier molecular flexibility index (Phi) is 2.12. The second-order valence-electron chi connectivity index (χ2n) is 3.74. The van der Waals surface area contributed by atoms with Gasteiger partial charge in [0.2, 0.25) is 0 Å². The van der Waals surface area contributed by atoms with E-state index in [2.05, 4.69) is 21.5 Å². The third-order valence-corrected chi connectivity index (χ3v) is 2.72. The first-order valence-corrected chi connectivity index (χ1v) is 5.25. The molecule has 17 heavy (non-hydrogen) atoms. The summed E-state index contributed by atoms with van der Waals surface area (Å²) in [6, 6.07) is 3.77. The highest BCUT2D eigenvalue weighted by Crippen LogP contribution is 2.22. The first kappa shape index (κ1) is 9.92. The van der Waals surface area contributed by atoms with Gasteiger partial charge in [0.25, 0.3) is 0 Å². The molecule has 5 heteroatoms. The zero-order valence-electron chi connectivity index (χ0n) is 9.11. The molecule has 0 aromatic carbocycles. The van der Waals surface area contributed by atoms with Crippen LogP contribution in [0.2, 0.25) is 0 Å². The summed E-state index contributed by atoms with van der Waals surface area (Å²) in [7, 11) is 0. The normalized spacial score (nSPS) is 13.0. The van der Waals surface area contributed by atoms with Crippen molar-refractivity contribution >= 4 is 22.1 Å². The molecule has 0 aliphatic carbocycles. The lowest BCUT2D eigenvalue weighted by Gasteiger charge is -2.09. The highest BCUT2D eigenvalue weighted by Gasteiger charge is 2.11. The van der Waals surface area contributed by atoms with Crippen LogP contribution >= 0.6 is 0 Å². The molecular formula is C12H11N5. The van der Waals surface area contributed by atoms with Gasteiger partial charge in [-0.15, -0.1) is 0 Å². The van der Waals surface area contributed by atoms with Crippen LogP contribution in [-0.4, -0.2) is 19.5 Å². The van der Waals surface area contributed by atoms with Gasteiger partial charge in [0.15, 0.2) is 0 Å². The summed E-state index contributed by atoms with van der Waals surface area (Å²) in [5, 5.41) is 0.